The van der Waals surface area contributed by atoms with Gasteiger partial charge in [-0.2, -0.15) is 0 Å². The summed E-state index contributed by atoms with van der Waals surface area (Å²) in [4.78, 5) is 2.38. The Kier molecular flexibility index (Phi) is 3.62. The lowest BCUT2D eigenvalue weighted by Gasteiger charge is -2.33. The molecule has 0 amide bonds. The molecule has 3 heteroatoms. The lowest BCUT2D eigenvalue weighted by atomic mass is 10.0. The van der Waals surface area contributed by atoms with Gasteiger partial charge in [0.05, 0.1) is 0 Å². The van der Waals surface area contributed by atoms with Crippen LogP contribution in [-0.4, -0.2) is 30.1 Å². The van der Waals surface area contributed by atoms with Gasteiger partial charge < -0.3 is 5.32 Å². The summed E-state index contributed by atoms with van der Waals surface area (Å²) in [6.45, 7) is 2.90. The molecule has 1 atom stereocenters. The van der Waals surface area contributed by atoms with Crippen LogP contribution in [0, 0.1) is 5.82 Å². The van der Waals surface area contributed by atoms with Crippen molar-refractivity contribution in [1.82, 2.24) is 10.2 Å². The maximum atomic E-state index is 13.6. The molecule has 2 fully saturated rings. The number of benzene rings is 1. The van der Waals surface area contributed by atoms with Gasteiger partial charge in [-0.05, 0) is 38.3 Å². The first-order valence-corrected chi connectivity index (χ1v) is 7.03. The van der Waals surface area contributed by atoms with Gasteiger partial charge >= 0.3 is 0 Å². The Balaban J connectivity index is 1.57. The molecule has 1 saturated heterocycles. The van der Waals surface area contributed by atoms with Crippen LogP contribution in [-0.2, 0) is 6.54 Å². The highest BCUT2D eigenvalue weighted by Crippen LogP contribution is 2.22. The Bertz CT molecular complexity index is 403. The molecule has 0 bridgehead atoms. The first-order valence-electron chi connectivity index (χ1n) is 7.03. The zero-order valence-corrected chi connectivity index (χ0v) is 10.7. The number of nitrogens with one attached hydrogen (secondary N) is 1. The van der Waals surface area contributed by atoms with Gasteiger partial charge in [0.25, 0.3) is 0 Å². The second-order valence-electron chi connectivity index (χ2n) is 5.61. The van der Waals surface area contributed by atoms with E-state index in [0.29, 0.717) is 6.04 Å². The van der Waals surface area contributed by atoms with E-state index in [4.69, 9.17) is 0 Å². The summed E-state index contributed by atoms with van der Waals surface area (Å²) < 4.78 is 13.6. The van der Waals surface area contributed by atoms with E-state index >= 15 is 0 Å². The molecule has 1 N–H and O–H groups in total. The van der Waals surface area contributed by atoms with Crippen LogP contribution in [0.1, 0.15) is 31.2 Å². The van der Waals surface area contributed by atoms with E-state index in [2.05, 4.69) is 10.2 Å². The highest BCUT2D eigenvalue weighted by molar-refractivity contribution is 5.17. The largest absolute Gasteiger partial charge is 0.310 e. The van der Waals surface area contributed by atoms with Crippen LogP contribution in [0.5, 0.6) is 0 Å². The quantitative estimate of drug-likeness (QED) is 0.881. The van der Waals surface area contributed by atoms with Crippen molar-refractivity contribution in [3.05, 3.63) is 35.6 Å². The number of rotatable bonds is 4. The SMILES string of the molecule is Fc1ccccc1CN1CCCC(NC2CC2)C1. The van der Waals surface area contributed by atoms with Crippen LogP contribution in [0.15, 0.2) is 24.3 Å². The van der Waals surface area contributed by atoms with Gasteiger partial charge in [0.2, 0.25) is 0 Å². The smallest absolute Gasteiger partial charge is 0.127 e. The highest BCUT2D eigenvalue weighted by Gasteiger charge is 2.27. The molecule has 0 aromatic heterocycles. The van der Waals surface area contributed by atoms with Crippen LogP contribution in [0.25, 0.3) is 0 Å². The van der Waals surface area contributed by atoms with E-state index in [-0.39, 0.29) is 5.82 Å². The Labute approximate surface area is 108 Å². The molecule has 1 aliphatic heterocycles. The first kappa shape index (κ1) is 12.1. The van der Waals surface area contributed by atoms with Crippen LogP contribution >= 0.6 is 0 Å². The van der Waals surface area contributed by atoms with E-state index in [1.165, 1.54) is 25.7 Å². The van der Waals surface area contributed by atoms with Crippen molar-refractivity contribution in [2.45, 2.75) is 44.3 Å². The van der Waals surface area contributed by atoms with Crippen molar-refractivity contribution < 1.29 is 4.39 Å². The summed E-state index contributed by atoms with van der Waals surface area (Å²) in [7, 11) is 0. The summed E-state index contributed by atoms with van der Waals surface area (Å²) in [5.41, 5.74) is 0.824. The fraction of sp³-hybridized carbons (Fsp3) is 0.600. The average Bonchev–Trinajstić information content (AvgIpc) is 3.17. The number of hydrogen-bond donors (Lipinski definition) is 1. The topological polar surface area (TPSA) is 15.3 Å². The minimum Gasteiger partial charge on any atom is -0.310 e. The normalized spacial score (nSPS) is 25.3. The van der Waals surface area contributed by atoms with Gasteiger partial charge in [0, 0.05) is 30.7 Å². The predicted octanol–water partition coefficient (Wildman–Crippen LogP) is 2.54. The molecule has 2 nitrogen and oxygen atoms in total. The van der Waals surface area contributed by atoms with Crippen LogP contribution < -0.4 is 5.32 Å². The summed E-state index contributed by atoms with van der Waals surface area (Å²) in [6, 6.07) is 8.50. The summed E-state index contributed by atoms with van der Waals surface area (Å²) in [5, 5.41) is 3.69. The molecule has 3 rings (SSSR count). The summed E-state index contributed by atoms with van der Waals surface area (Å²) in [5.74, 6) is -0.0743. The lowest BCUT2D eigenvalue weighted by molar-refractivity contribution is 0.181. The van der Waals surface area contributed by atoms with E-state index in [1.54, 1.807) is 12.1 Å². The van der Waals surface area contributed by atoms with Crippen molar-refractivity contribution in [2.75, 3.05) is 13.1 Å². The molecule has 1 aromatic rings. The molecule has 1 aromatic carbocycles. The molecule has 2 aliphatic rings. The standard InChI is InChI=1S/C15H21FN2/c16-15-6-2-1-4-12(15)10-18-9-3-5-14(11-18)17-13-7-8-13/h1-2,4,6,13-14,17H,3,5,7-11H2. The van der Waals surface area contributed by atoms with Gasteiger partial charge in [-0.25, -0.2) is 4.39 Å². The van der Waals surface area contributed by atoms with Gasteiger partial charge in [-0.15, -0.1) is 0 Å². The zero-order chi connectivity index (χ0) is 12.4. The van der Waals surface area contributed by atoms with E-state index in [1.807, 2.05) is 12.1 Å². The van der Waals surface area contributed by atoms with Gasteiger partial charge in [-0.3, -0.25) is 4.90 Å². The number of hydrogen-bond acceptors (Lipinski definition) is 2. The number of piperidine rings is 1. The minimum absolute atomic E-state index is 0.0743. The predicted molar refractivity (Wildman–Crippen MR) is 70.9 cm³/mol. The highest BCUT2D eigenvalue weighted by atomic mass is 19.1. The third-order valence-electron chi connectivity index (χ3n) is 3.91. The molecule has 1 saturated carbocycles. The van der Waals surface area contributed by atoms with Gasteiger partial charge in [0.15, 0.2) is 0 Å². The number of nitrogens with zero attached hydrogens (tertiary/aromatic N) is 1. The van der Waals surface area contributed by atoms with Crippen molar-refractivity contribution in [2.24, 2.45) is 0 Å². The van der Waals surface area contributed by atoms with Crippen molar-refractivity contribution >= 4 is 0 Å². The molecule has 0 spiro atoms. The van der Waals surface area contributed by atoms with Crippen LogP contribution in [0.2, 0.25) is 0 Å². The Morgan fingerprint density at radius 2 is 2.00 bits per heavy atom. The van der Waals surface area contributed by atoms with Gasteiger partial charge in [-0.1, -0.05) is 18.2 Å². The van der Waals surface area contributed by atoms with Crippen molar-refractivity contribution in [3.8, 4) is 0 Å². The summed E-state index contributed by atoms with van der Waals surface area (Å²) >= 11 is 0. The fourth-order valence-electron chi connectivity index (χ4n) is 2.79. The summed E-state index contributed by atoms with van der Waals surface area (Å²) in [6.07, 6.45) is 5.16. The molecule has 0 radical (unpaired) electrons. The lowest BCUT2D eigenvalue weighted by Crippen LogP contribution is -2.46. The van der Waals surface area contributed by atoms with E-state index < -0.39 is 0 Å². The molecule has 98 valence electrons. The fourth-order valence-corrected chi connectivity index (χ4v) is 2.79. The number of halogens is 1. The molecule has 1 unspecified atom stereocenters. The average molecular weight is 248 g/mol. The van der Waals surface area contributed by atoms with Crippen molar-refractivity contribution in [1.29, 1.82) is 0 Å². The van der Waals surface area contributed by atoms with E-state index in [9.17, 15) is 4.39 Å². The zero-order valence-electron chi connectivity index (χ0n) is 10.7. The minimum atomic E-state index is -0.0743. The number of likely N-dealkylation sites (tertiary alicyclic amines) is 1. The molecule has 18 heavy (non-hydrogen) atoms. The Morgan fingerprint density at radius 3 is 2.78 bits per heavy atom. The molecular weight excluding hydrogens is 227 g/mol. The second kappa shape index (κ2) is 5.37. The van der Waals surface area contributed by atoms with Crippen LogP contribution in [0.4, 0.5) is 4.39 Å². The molecular formula is C15H21FN2. The first-order chi connectivity index (χ1) is 8.81. The van der Waals surface area contributed by atoms with E-state index in [0.717, 1.165) is 31.2 Å². The molecule has 1 aliphatic carbocycles. The third-order valence-corrected chi connectivity index (χ3v) is 3.91. The maximum Gasteiger partial charge on any atom is 0.127 e. The third kappa shape index (κ3) is 3.09. The Hall–Kier alpha value is -0.930. The molecule has 1 heterocycles. The van der Waals surface area contributed by atoms with Crippen molar-refractivity contribution in [3.63, 3.8) is 0 Å². The maximum absolute atomic E-state index is 13.6. The monoisotopic (exact) mass is 248 g/mol. The second-order valence-corrected chi connectivity index (χ2v) is 5.61. The van der Waals surface area contributed by atoms with Crippen LogP contribution in [0.3, 0.4) is 0 Å². The van der Waals surface area contributed by atoms with Gasteiger partial charge in [0.1, 0.15) is 5.82 Å². The Morgan fingerprint density at radius 1 is 1.17 bits per heavy atom.